The van der Waals surface area contributed by atoms with Crippen molar-refractivity contribution in [1.82, 2.24) is 15.5 Å². The summed E-state index contributed by atoms with van der Waals surface area (Å²) < 4.78 is 10.6. The number of hydrogen-bond donors (Lipinski definition) is 2. The van der Waals surface area contributed by atoms with E-state index in [9.17, 15) is 14.4 Å². The van der Waals surface area contributed by atoms with E-state index < -0.39 is 11.7 Å². The van der Waals surface area contributed by atoms with Crippen molar-refractivity contribution in [3.05, 3.63) is 29.8 Å². The zero-order chi connectivity index (χ0) is 23.6. The number of nitrogens with zero attached hydrogens (tertiary/aromatic N) is 1. The first-order valence-electron chi connectivity index (χ1n) is 11.4. The van der Waals surface area contributed by atoms with Crippen LogP contribution in [0.1, 0.15) is 52.5 Å². The van der Waals surface area contributed by atoms with Gasteiger partial charge >= 0.3 is 6.09 Å². The molecule has 2 rings (SSSR count). The summed E-state index contributed by atoms with van der Waals surface area (Å²) in [7, 11) is 0. The van der Waals surface area contributed by atoms with Crippen molar-refractivity contribution in [3.8, 4) is 5.75 Å². The van der Waals surface area contributed by atoms with Crippen LogP contribution in [0.2, 0.25) is 0 Å². The van der Waals surface area contributed by atoms with Crippen LogP contribution in [0.4, 0.5) is 4.79 Å². The topological polar surface area (TPSA) is 97.0 Å². The summed E-state index contributed by atoms with van der Waals surface area (Å²) in [6.45, 7) is 10.2. The highest BCUT2D eigenvalue weighted by Gasteiger charge is 2.23. The van der Waals surface area contributed by atoms with E-state index in [-0.39, 0.29) is 24.8 Å². The highest BCUT2D eigenvalue weighted by Crippen LogP contribution is 2.17. The second kappa shape index (κ2) is 12.3. The quantitative estimate of drug-likeness (QED) is 0.607. The molecule has 8 nitrogen and oxygen atoms in total. The SMILES string of the molecule is CCOc1ccc(CC(=O)NCC2CCN(C(=O)CCNC(=O)OC(C)(C)C)CC2)cc1. The van der Waals surface area contributed by atoms with Gasteiger partial charge in [-0.25, -0.2) is 4.79 Å². The standard InChI is InChI=1S/C24H37N3O5/c1-5-31-20-8-6-18(7-9-20)16-21(28)26-17-19-11-14-27(15-12-19)22(29)10-13-25-23(30)32-24(2,3)4/h6-9,19H,5,10-17H2,1-4H3,(H,25,30)(H,26,28). The monoisotopic (exact) mass is 447 g/mol. The number of nitrogens with one attached hydrogen (secondary N) is 2. The molecule has 0 atom stereocenters. The first-order chi connectivity index (χ1) is 15.2. The van der Waals surface area contributed by atoms with Crippen LogP contribution in [-0.4, -0.2) is 61.2 Å². The Balaban J connectivity index is 1.61. The highest BCUT2D eigenvalue weighted by molar-refractivity contribution is 5.78. The number of likely N-dealkylation sites (tertiary alicyclic amines) is 1. The van der Waals surface area contributed by atoms with Crippen molar-refractivity contribution in [2.75, 3.05) is 32.8 Å². The average Bonchev–Trinajstić information content (AvgIpc) is 2.73. The van der Waals surface area contributed by atoms with Crippen molar-refractivity contribution in [2.24, 2.45) is 5.92 Å². The molecule has 1 saturated heterocycles. The number of piperidine rings is 1. The minimum atomic E-state index is -0.556. The van der Waals surface area contributed by atoms with E-state index in [1.54, 1.807) is 20.8 Å². The molecule has 1 aromatic carbocycles. The lowest BCUT2D eigenvalue weighted by Gasteiger charge is -2.32. The Morgan fingerprint density at radius 2 is 1.72 bits per heavy atom. The zero-order valence-electron chi connectivity index (χ0n) is 19.7. The fraction of sp³-hybridized carbons (Fsp3) is 0.625. The van der Waals surface area contributed by atoms with Gasteiger partial charge in [0.2, 0.25) is 11.8 Å². The van der Waals surface area contributed by atoms with Gasteiger partial charge in [0.05, 0.1) is 13.0 Å². The van der Waals surface area contributed by atoms with E-state index in [1.165, 1.54) is 0 Å². The maximum Gasteiger partial charge on any atom is 0.407 e. The second-order valence-electron chi connectivity index (χ2n) is 9.06. The Hall–Kier alpha value is -2.77. The molecule has 1 aromatic rings. The zero-order valence-corrected chi connectivity index (χ0v) is 19.7. The predicted octanol–water partition coefficient (Wildman–Crippen LogP) is 2.90. The van der Waals surface area contributed by atoms with Crippen LogP contribution in [0, 0.1) is 5.92 Å². The van der Waals surface area contributed by atoms with E-state index in [4.69, 9.17) is 9.47 Å². The molecule has 0 unspecified atom stereocenters. The lowest BCUT2D eigenvalue weighted by Crippen LogP contribution is -2.43. The lowest BCUT2D eigenvalue weighted by atomic mass is 9.96. The Morgan fingerprint density at radius 1 is 1.06 bits per heavy atom. The molecule has 1 aliphatic heterocycles. The van der Waals surface area contributed by atoms with Gasteiger partial charge in [0.25, 0.3) is 0 Å². The van der Waals surface area contributed by atoms with E-state index in [0.717, 1.165) is 24.2 Å². The molecular formula is C24H37N3O5. The smallest absolute Gasteiger partial charge is 0.407 e. The van der Waals surface area contributed by atoms with Gasteiger partial charge in [0.15, 0.2) is 0 Å². The summed E-state index contributed by atoms with van der Waals surface area (Å²) in [6, 6.07) is 7.57. The van der Waals surface area contributed by atoms with Gasteiger partial charge in [-0.1, -0.05) is 12.1 Å². The number of hydrogen-bond acceptors (Lipinski definition) is 5. The predicted molar refractivity (Wildman–Crippen MR) is 122 cm³/mol. The minimum Gasteiger partial charge on any atom is -0.494 e. The molecule has 178 valence electrons. The van der Waals surface area contributed by atoms with Crippen LogP contribution in [0.15, 0.2) is 24.3 Å². The average molecular weight is 448 g/mol. The minimum absolute atomic E-state index is 0.000818. The second-order valence-corrected chi connectivity index (χ2v) is 9.06. The van der Waals surface area contributed by atoms with Crippen molar-refractivity contribution < 1.29 is 23.9 Å². The number of benzene rings is 1. The van der Waals surface area contributed by atoms with Gasteiger partial charge in [0.1, 0.15) is 11.4 Å². The van der Waals surface area contributed by atoms with Crippen LogP contribution >= 0.6 is 0 Å². The molecule has 3 amide bonds. The lowest BCUT2D eigenvalue weighted by molar-refractivity contribution is -0.132. The first-order valence-corrected chi connectivity index (χ1v) is 11.4. The third kappa shape index (κ3) is 9.58. The number of amides is 3. The van der Waals surface area contributed by atoms with Crippen LogP contribution in [0.25, 0.3) is 0 Å². The normalized spacial score (nSPS) is 14.6. The molecule has 2 N–H and O–H groups in total. The number of ether oxygens (including phenoxy) is 2. The molecule has 0 bridgehead atoms. The van der Waals surface area contributed by atoms with Crippen molar-refractivity contribution in [3.63, 3.8) is 0 Å². The van der Waals surface area contributed by atoms with Crippen LogP contribution < -0.4 is 15.4 Å². The summed E-state index contributed by atoms with van der Waals surface area (Å²) in [4.78, 5) is 38.1. The maximum absolute atomic E-state index is 12.4. The molecule has 0 aliphatic carbocycles. The number of carbonyl (C=O) groups excluding carboxylic acids is 3. The molecule has 0 spiro atoms. The Bertz CT molecular complexity index is 750. The highest BCUT2D eigenvalue weighted by atomic mass is 16.6. The van der Waals surface area contributed by atoms with Crippen molar-refractivity contribution >= 4 is 17.9 Å². The molecule has 0 aromatic heterocycles. The largest absolute Gasteiger partial charge is 0.494 e. The van der Waals surface area contributed by atoms with Crippen LogP contribution in [0.3, 0.4) is 0 Å². The van der Waals surface area contributed by atoms with Crippen LogP contribution in [0.5, 0.6) is 5.75 Å². The molecule has 1 heterocycles. The van der Waals surface area contributed by atoms with Gasteiger partial charge in [-0.3, -0.25) is 9.59 Å². The van der Waals surface area contributed by atoms with Crippen molar-refractivity contribution in [2.45, 2.75) is 59.0 Å². The Kier molecular flexibility index (Phi) is 9.81. The van der Waals surface area contributed by atoms with E-state index in [0.29, 0.717) is 38.6 Å². The molecule has 8 heteroatoms. The maximum atomic E-state index is 12.4. The van der Waals surface area contributed by atoms with Crippen LogP contribution in [-0.2, 0) is 20.7 Å². The third-order valence-corrected chi connectivity index (χ3v) is 5.16. The van der Waals surface area contributed by atoms with Crippen molar-refractivity contribution in [1.29, 1.82) is 0 Å². The molecule has 1 aliphatic rings. The summed E-state index contributed by atoms with van der Waals surface area (Å²) in [6.07, 6.45) is 1.80. The Labute approximate surface area is 191 Å². The van der Waals surface area contributed by atoms with Gasteiger partial charge in [0, 0.05) is 32.6 Å². The molecule has 32 heavy (non-hydrogen) atoms. The number of rotatable bonds is 9. The molecule has 1 fully saturated rings. The van der Waals surface area contributed by atoms with Gasteiger partial charge in [-0.15, -0.1) is 0 Å². The molecule has 0 saturated carbocycles. The summed E-state index contributed by atoms with van der Waals surface area (Å²) in [5.74, 6) is 1.20. The first kappa shape index (κ1) is 25.5. The van der Waals surface area contributed by atoms with E-state index in [2.05, 4.69) is 10.6 Å². The Morgan fingerprint density at radius 3 is 2.31 bits per heavy atom. The summed E-state index contributed by atoms with van der Waals surface area (Å²) in [5, 5.41) is 5.63. The fourth-order valence-corrected chi connectivity index (χ4v) is 3.51. The van der Waals surface area contributed by atoms with E-state index >= 15 is 0 Å². The van der Waals surface area contributed by atoms with Gasteiger partial charge in [-0.05, 0) is 64.2 Å². The number of carbonyl (C=O) groups is 3. The third-order valence-electron chi connectivity index (χ3n) is 5.16. The van der Waals surface area contributed by atoms with Gasteiger partial charge in [-0.2, -0.15) is 0 Å². The summed E-state index contributed by atoms with van der Waals surface area (Å²) >= 11 is 0. The van der Waals surface area contributed by atoms with Gasteiger partial charge < -0.3 is 25.0 Å². The summed E-state index contributed by atoms with van der Waals surface area (Å²) in [5.41, 5.74) is 0.394. The van der Waals surface area contributed by atoms with E-state index in [1.807, 2.05) is 36.1 Å². The number of alkyl carbamates (subject to hydrolysis) is 1. The molecule has 0 radical (unpaired) electrons. The molecular weight excluding hydrogens is 410 g/mol. The fourth-order valence-electron chi connectivity index (χ4n) is 3.51.